The average molecular weight is 162 g/mol. The summed E-state index contributed by atoms with van der Waals surface area (Å²) in [6.07, 6.45) is 4.39. The number of nitriles is 2. The van der Waals surface area contributed by atoms with Crippen molar-refractivity contribution in [2.45, 2.75) is 33.1 Å². The number of hydrogen-bond donors (Lipinski definition) is 0. The van der Waals surface area contributed by atoms with Crippen LogP contribution >= 0.6 is 0 Å². The molecule has 0 aromatic carbocycles. The zero-order valence-electron chi connectivity index (χ0n) is 7.67. The Balaban J connectivity index is 3.73. The molecule has 0 heterocycles. The molecule has 0 aromatic heterocycles. The van der Waals surface area contributed by atoms with Crippen molar-refractivity contribution in [2.24, 2.45) is 5.92 Å². The van der Waals surface area contributed by atoms with Crippen LogP contribution in [-0.2, 0) is 0 Å². The van der Waals surface area contributed by atoms with Gasteiger partial charge in [-0.2, -0.15) is 10.5 Å². The molecule has 0 N–H and O–H groups in total. The Hall–Kier alpha value is -1.28. The Morgan fingerprint density at radius 3 is 2.67 bits per heavy atom. The van der Waals surface area contributed by atoms with E-state index in [9.17, 15) is 0 Å². The Morgan fingerprint density at radius 2 is 2.17 bits per heavy atom. The van der Waals surface area contributed by atoms with E-state index in [1.54, 1.807) is 0 Å². The second kappa shape index (κ2) is 6.43. The fourth-order valence-electron chi connectivity index (χ4n) is 0.994. The standard InChI is InChI=1S/C10H14N2/c1-9(5-3-4-6-11)7-10(2)8-12/h7,10H,3-5H2,1-2H3. The summed E-state index contributed by atoms with van der Waals surface area (Å²) in [7, 11) is 0. The lowest BCUT2D eigenvalue weighted by Crippen LogP contribution is -1.86. The van der Waals surface area contributed by atoms with Crippen LogP contribution in [0.1, 0.15) is 33.1 Å². The smallest absolute Gasteiger partial charge is 0.0694 e. The van der Waals surface area contributed by atoms with Crippen LogP contribution in [0.25, 0.3) is 0 Å². The van der Waals surface area contributed by atoms with Crippen molar-refractivity contribution in [3.05, 3.63) is 11.6 Å². The largest absolute Gasteiger partial charge is 0.198 e. The van der Waals surface area contributed by atoms with Crippen molar-refractivity contribution in [3.8, 4) is 12.1 Å². The van der Waals surface area contributed by atoms with Crippen molar-refractivity contribution < 1.29 is 0 Å². The molecule has 1 unspecified atom stereocenters. The highest BCUT2D eigenvalue weighted by Crippen LogP contribution is 2.09. The molecule has 0 bridgehead atoms. The van der Waals surface area contributed by atoms with Crippen LogP contribution in [0.4, 0.5) is 0 Å². The van der Waals surface area contributed by atoms with Gasteiger partial charge in [-0.3, -0.25) is 0 Å². The molecular formula is C10H14N2. The van der Waals surface area contributed by atoms with Gasteiger partial charge in [-0.05, 0) is 26.7 Å². The topological polar surface area (TPSA) is 47.6 Å². The second-order valence-electron chi connectivity index (χ2n) is 2.94. The van der Waals surface area contributed by atoms with Crippen LogP contribution in [0.2, 0.25) is 0 Å². The number of unbranched alkanes of at least 4 members (excludes halogenated alkanes) is 1. The van der Waals surface area contributed by atoms with Crippen molar-refractivity contribution in [1.82, 2.24) is 0 Å². The van der Waals surface area contributed by atoms with Crippen LogP contribution in [-0.4, -0.2) is 0 Å². The first-order chi connectivity index (χ1) is 5.70. The van der Waals surface area contributed by atoms with Crippen LogP contribution in [0.3, 0.4) is 0 Å². The Labute approximate surface area is 74.1 Å². The van der Waals surface area contributed by atoms with Gasteiger partial charge in [0.2, 0.25) is 0 Å². The molecule has 1 atom stereocenters. The van der Waals surface area contributed by atoms with Gasteiger partial charge in [-0.15, -0.1) is 0 Å². The van der Waals surface area contributed by atoms with E-state index in [0.29, 0.717) is 6.42 Å². The molecule has 0 saturated heterocycles. The molecular weight excluding hydrogens is 148 g/mol. The zero-order chi connectivity index (χ0) is 9.40. The predicted molar refractivity (Wildman–Crippen MR) is 48.0 cm³/mol. The summed E-state index contributed by atoms with van der Waals surface area (Å²) in [6.45, 7) is 3.87. The SMILES string of the molecule is CC(=CC(C)C#N)CCCC#N. The van der Waals surface area contributed by atoms with Gasteiger partial charge in [-0.25, -0.2) is 0 Å². The number of nitrogens with zero attached hydrogens (tertiary/aromatic N) is 2. The average Bonchev–Trinajstić information content (AvgIpc) is 2.05. The van der Waals surface area contributed by atoms with Gasteiger partial charge < -0.3 is 0 Å². The van der Waals surface area contributed by atoms with Gasteiger partial charge >= 0.3 is 0 Å². The van der Waals surface area contributed by atoms with E-state index >= 15 is 0 Å². The third-order valence-corrected chi connectivity index (χ3v) is 1.60. The Kier molecular flexibility index (Phi) is 5.75. The molecule has 12 heavy (non-hydrogen) atoms. The summed E-state index contributed by atoms with van der Waals surface area (Å²) < 4.78 is 0. The van der Waals surface area contributed by atoms with Gasteiger partial charge in [0.15, 0.2) is 0 Å². The highest BCUT2D eigenvalue weighted by Gasteiger charge is 1.95. The molecule has 0 aliphatic rings. The van der Waals surface area contributed by atoms with Crippen molar-refractivity contribution in [1.29, 1.82) is 10.5 Å². The lowest BCUT2D eigenvalue weighted by molar-refractivity contribution is 0.820. The fraction of sp³-hybridized carbons (Fsp3) is 0.600. The van der Waals surface area contributed by atoms with Gasteiger partial charge in [-0.1, -0.05) is 11.6 Å². The van der Waals surface area contributed by atoms with Crippen LogP contribution in [0, 0.1) is 28.6 Å². The molecule has 0 rings (SSSR count). The molecule has 0 saturated carbocycles. The van der Waals surface area contributed by atoms with E-state index in [1.165, 1.54) is 5.57 Å². The summed E-state index contributed by atoms with van der Waals surface area (Å²) in [5, 5.41) is 16.8. The highest BCUT2D eigenvalue weighted by atomic mass is 14.2. The molecule has 2 nitrogen and oxygen atoms in total. The number of rotatable bonds is 4. The summed E-state index contributed by atoms with van der Waals surface area (Å²) in [5.74, 6) is -0.00733. The summed E-state index contributed by atoms with van der Waals surface area (Å²) in [4.78, 5) is 0. The predicted octanol–water partition coefficient (Wildman–Crippen LogP) is 2.79. The van der Waals surface area contributed by atoms with Gasteiger partial charge in [0, 0.05) is 6.42 Å². The molecule has 0 aromatic rings. The first-order valence-electron chi connectivity index (χ1n) is 4.14. The van der Waals surface area contributed by atoms with Crippen LogP contribution < -0.4 is 0 Å². The maximum Gasteiger partial charge on any atom is 0.0694 e. The lowest BCUT2D eigenvalue weighted by atomic mass is 10.1. The second-order valence-corrected chi connectivity index (χ2v) is 2.94. The fourth-order valence-corrected chi connectivity index (χ4v) is 0.994. The minimum Gasteiger partial charge on any atom is -0.198 e. The first kappa shape index (κ1) is 10.7. The molecule has 0 radical (unpaired) electrons. The quantitative estimate of drug-likeness (QED) is 0.471. The normalized spacial score (nSPS) is 13.2. The van der Waals surface area contributed by atoms with Crippen molar-refractivity contribution >= 4 is 0 Å². The van der Waals surface area contributed by atoms with Gasteiger partial charge in [0.05, 0.1) is 18.1 Å². The van der Waals surface area contributed by atoms with E-state index in [-0.39, 0.29) is 5.92 Å². The Morgan fingerprint density at radius 1 is 1.50 bits per heavy atom. The summed E-state index contributed by atoms with van der Waals surface area (Å²) >= 11 is 0. The molecule has 0 fully saturated rings. The highest BCUT2D eigenvalue weighted by molar-refractivity contribution is 5.06. The zero-order valence-corrected chi connectivity index (χ0v) is 7.67. The van der Waals surface area contributed by atoms with E-state index in [1.807, 2.05) is 19.9 Å². The van der Waals surface area contributed by atoms with Crippen LogP contribution in [0.5, 0.6) is 0 Å². The molecule has 0 spiro atoms. The van der Waals surface area contributed by atoms with Crippen molar-refractivity contribution in [3.63, 3.8) is 0 Å². The number of hydrogen-bond acceptors (Lipinski definition) is 2. The van der Waals surface area contributed by atoms with Crippen molar-refractivity contribution in [2.75, 3.05) is 0 Å². The van der Waals surface area contributed by atoms with E-state index in [4.69, 9.17) is 10.5 Å². The third kappa shape index (κ3) is 5.50. The maximum absolute atomic E-state index is 8.51. The third-order valence-electron chi connectivity index (χ3n) is 1.60. The molecule has 0 amide bonds. The molecule has 0 aliphatic heterocycles. The molecule has 64 valence electrons. The first-order valence-corrected chi connectivity index (χ1v) is 4.14. The minimum atomic E-state index is -0.00733. The van der Waals surface area contributed by atoms with Gasteiger partial charge in [0.1, 0.15) is 0 Å². The van der Waals surface area contributed by atoms with E-state index in [2.05, 4.69) is 12.1 Å². The summed E-state index contributed by atoms with van der Waals surface area (Å²) in [5.41, 5.74) is 1.21. The minimum absolute atomic E-state index is 0.00733. The number of allylic oxidation sites excluding steroid dienone is 2. The van der Waals surface area contributed by atoms with Crippen LogP contribution in [0.15, 0.2) is 11.6 Å². The molecule has 2 heteroatoms. The monoisotopic (exact) mass is 162 g/mol. The maximum atomic E-state index is 8.51. The molecule has 0 aliphatic carbocycles. The summed E-state index contributed by atoms with van der Waals surface area (Å²) in [6, 6.07) is 4.24. The van der Waals surface area contributed by atoms with Gasteiger partial charge in [0.25, 0.3) is 0 Å². The van der Waals surface area contributed by atoms with E-state index < -0.39 is 0 Å². The van der Waals surface area contributed by atoms with E-state index in [0.717, 1.165) is 12.8 Å². The Bertz CT molecular complexity index is 227. The lowest BCUT2D eigenvalue weighted by Gasteiger charge is -1.99.